The van der Waals surface area contributed by atoms with Crippen LogP contribution in [0.25, 0.3) is 11.3 Å². The van der Waals surface area contributed by atoms with Crippen molar-refractivity contribution >= 4 is 11.6 Å². The first-order valence-corrected chi connectivity index (χ1v) is 10.1. The van der Waals surface area contributed by atoms with Gasteiger partial charge in [0.05, 0.1) is 5.69 Å². The molecule has 0 unspecified atom stereocenters. The van der Waals surface area contributed by atoms with Crippen LogP contribution in [-0.2, 0) is 6.54 Å². The average Bonchev–Trinajstić information content (AvgIpc) is 2.70. The number of anilines is 1. The molecule has 0 aliphatic rings. The van der Waals surface area contributed by atoms with Crippen molar-refractivity contribution < 1.29 is 4.79 Å². The molecule has 29 heavy (non-hydrogen) atoms. The SMILES string of the molecule is CCCCn1c(C)cc(=O)c(C(=O)Nc2cccc(C)c2C)c1-c1ccccc1. The number of nitrogens with one attached hydrogen (secondary N) is 1. The molecule has 4 nitrogen and oxygen atoms in total. The maximum absolute atomic E-state index is 13.3. The Hall–Kier alpha value is -3.14. The Morgan fingerprint density at radius 3 is 2.41 bits per heavy atom. The summed E-state index contributed by atoms with van der Waals surface area (Å²) in [5.41, 5.74) is 5.19. The smallest absolute Gasteiger partial charge is 0.261 e. The molecule has 0 saturated heterocycles. The predicted octanol–water partition coefficient (Wildman–Crippen LogP) is 5.49. The molecule has 0 aliphatic carbocycles. The average molecular weight is 389 g/mol. The molecule has 0 saturated carbocycles. The summed E-state index contributed by atoms with van der Waals surface area (Å²) in [7, 11) is 0. The number of rotatable bonds is 6. The zero-order valence-electron chi connectivity index (χ0n) is 17.6. The fourth-order valence-corrected chi connectivity index (χ4v) is 3.56. The fourth-order valence-electron chi connectivity index (χ4n) is 3.56. The number of unbranched alkanes of at least 4 members (excludes halogenated alkanes) is 1. The van der Waals surface area contributed by atoms with Crippen LogP contribution in [0.3, 0.4) is 0 Å². The molecular formula is C25H28N2O2. The van der Waals surface area contributed by atoms with Crippen molar-refractivity contribution in [2.24, 2.45) is 0 Å². The summed E-state index contributed by atoms with van der Waals surface area (Å²) in [6.07, 6.45) is 2.01. The number of benzene rings is 2. The van der Waals surface area contributed by atoms with Gasteiger partial charge in [0.15, 0.2) is 5.43 Å². The highest BCUT2D eigenvalue weighted by Gasteiger charge is 2.22. The second kappa shape index (κ2) is 8.91. The molecule has 0 fully saturated rings. The molecular weight excluding hydrogens is 360 g/mol. The molecule has 1 aromatic heterocycles. The van der Waals surface area contributed by atoms with Gasteiger partial charge in [-0.3, -0.25) is 9.59 Å². The van der Waals surface area contributed by atoms with E-state index in [1.165, 1.54) is 0 Å². The summed E-state index contributed by atoms with van der Waals surface area (Å²) < 4.78 is 2.10. The number of nitrogens with zero attached hydrogens (tertiary/aromatic N) is 1. The van der Waals surface area contributed by atoms with Crippen LogP contribution in [0.15, 0.2) is 59.4 Å². The molecule has 4 heteroatoms. The lowest BCUT2D eigenvalue weighted by molar-refractivity contribution is 0.102. The van der Waals surface area contributed by atoms with Crippen molar-refractivity contribution in [3.63, 3.8) is 0 Å². The Balaban J connectivity index is 2.18. The van der Waals surface area contributed by atoms with Gasteiger partial charge in [-0.05, 0) is 49.9 Å². The van der Waals surface area contributed by atoms with Crippen molar-refractivity contribution in [2.75, 3.05) is 5.32 Å². The third-order valence-corrected chi connectivity index (χ3v) is 5.38. The summed E-state index contributed by atoms with van der Waals surface area (Å²) in [6.45, 7) is 8.79. The molecule has 1 heterocycles. The summed E-state index contributed by atoms with van der Waals surface area (Å²) in [4.78, 5) is 26.3. The van der Waals surface area contributed by atoms with E-state index in [1.54, 1.807) is 6.07 Å². The van der Waals surface area contributed by atoms with Gasteiger partial charge in [-0.25, -0.2) is 0 Å². The normalized spacial score (nSPS) is 10.8. The minimum Gasteiger partial charge on any atom is -0.344 e. The van der Waals surface area contributed by atoms with E-state index in [1.807, 2.05) is 69.3 Å². The van der Waals surface area contributed by atoms with Crippen LogP contribution >= 0.6 is 0 Å². The Kier molecular flexibility index (Phi) is 6.32. The van der Waals surface area contributed by atoms with E-state index >= 15 is 0 Å². The zero-order chi connectivity index (χ0) is 21.0. The lowest BCUT2D eigenvalue weighted by Crippen LogP contribution is -2.27. The van der Waals surface area contributed by atoms with Gasteiger partial charge >= 0.3 is 0 Å². The molecule has 0 spiro atoms. The zero-order valence-corrected chi connectivity index (χ0v) is 17.6. The lowest BCUT2D eigenvalue weighted by Gasteiger charge is -2.20. The highest BCUT2D eigenvalue weighted by Crippen LogP contribution is 2.26. The largest absolute Gasteiger partial charge is 0.344 e. The maximum atomic E-state index is 13.3. The van der Waals surface area contributed by atoms with Crippen LogP contribution in [0, 0.1) is 20.8 Å². The first-order chi connectivity index (χ1) is 13.9. The number of carbonyl (C=O) groups is 1. The van der Waals surface area contributed by atoms with E-state index in [0.29, 0.717) is 5.69 Å². The Labute approximate surface area is 172 Å². The van der Waals surface area contributed by atoms with Crippen LogP contribution in [0.5, 0.6) is 0 Å². The summed E-state index contributed by atoms with van der Waals surface area (Å²) in [6, 6.07) is 17.0. The minimum absolute atomic E-state index is 0.193. The van der Waals surface area contributed by atoms with Crippen LogP contribution < -0.4 is 10.7 Å². The summed E-state index contributed by atoms with van der Waals surface area (Å²) >= 11 is 0. The van der Waals surface area contributed by atoms with Crippen molar-refractivity contribution in [2.45, 2.75) is 47.1 Å². The molecule has 3 rings (SSSR count). The highest BCUT2D eigenvalue weighted by molar-refractivity contribution is 6.08. The lowest BCUT2D eigenvalue weighted by atomic mass is 10.0. The molecule has 0 aliphatic heterocycles. The van der Waals surface area contributed by atoms with Gasteiger partial charge in [0.1, 0.15) is 5.56 Å². The van der Waals surface area contributed by atoms with E-state index in [4.69, 9.17) is 0 Å². The van der Waals surface area contributed by atoms with Crippen LogP contribution in [-0.4, -0.2) is 10.5 Å². The van der Waals surface area contributed by atoms with Gasteiger partial charge in [0.2, 0.25) is 0 Å². The van der Waals surface area contributed by atoms with Crippen LogP contribution in [0.4, 0.5) is 5.69 Å². The van der Waals surface area contributed by atoms with Crippen LogP contribution in [0.1, 0.15) is 46.9 Å². The van der Waals surface area contributed by atoms with Crippen molar-refractivity contribution in [3.8, 4) is 11.3 Å². The summed E-state index contributed by atoms with van der Waals surface area (Å²) in [5.74, 6) is -0.368. The molecule has 150 valence electrons. The van der Waals surface area contributed by atoms with Gasteiger partial charge < -0.3 is 9.88 Å². The molecule has 1 N–H and O–H groups in total. The van der Waals surface area contributed by atoms with Gasteiger partial charge in [-0.1, -0.05) is 55.8 Å². The van der Waals surface area contributed by atoms with E-state index in [0.717, 1.165) is 47.5 Å². The minimum atomic E-state index is -0.368. The van der Waals surface area contributed by atoms with Gasteiger partial charge in [-0.15, -0.1) is 0 Å². The Morgan fingerprint density at radius 1 is 1.00 bits per heavy atom. The number of aromatic nitrogens is 1. The topological polar surface area (TPSA) is 51.1 Å². The van der Waals surface area contributed by atoms with Gasteiger partial charge in [-0.2, -0.15) is 0 Å². The molecule has 2 aromatic carbocycles. The number of pyridine rings is 1. The van der Waals surface area contributed by atoms with Crippen molar-refractivity contribution in [1.82, 2.24) is 4.57 Å². The van der Waals surface area contributed by atoms with Gasteiger partial charge in [0.25, 0.3) is 5.91 Å². The van der Waals surface area contributed by atoms with E-state index in [-0.39, 0.29) is 16.9 Å². The van der Waals surface area contributed by atoms with E-state index < -0.39 is 0 Å². The maximum Gasteiger partial charge on any atom is 0.261 e. The first-order valence-electron chi connectivity index (χ1n) is 10.1. The molecule has 3 aromatic rings. The summed E-state index contributed by atoms with van der Waals surface area (Å²) in [5, 5.41) is 2.97. The van der Waals surface area contributed by atoms with E-state index in [2.05, 4.69) is 16.8 Å². The quantitative estimate of drug-likeness (QED) is 0.607. The monoisotopic (exact) mass is 388 g/mol. The number of amides is 1. The fraction of sp³-hybridized carbons (Fsp3) is 0.280. The number of aryl methyl sites for hydroxylation is 2. The molecule has 0 radical (unpaired) electrons. The first kappa shape index (κ1) is 20.6. The van der Waals surface area contributed by atoms with Crippen LogP contribution in [0.2, 0.25) is 0 Å². The number of carbonyl (C=O) groups excluding carboxylic acids is 1. The Bertz CT molecular complexity index is 1080. The highest BCUT2D eigenvalue weighted by atomic mass is 16.2. The number of hydrogen-bond acceptors (Lipinski definition) is 2. The van der Waals surface area contributed by atoms with Gasteiger partial charge in [0, 0.05) is 24.0 Å². The second-order valence-corrected chi connectivity index (χ2v) is 7.45. The Morgan fingerprint density at radius 2 is 1.72 bits per heavy atom. The van der Waals surface area contributed by atoms with E-state index in [9.17, 15) is 9.59 Å². The third kappa shape index (κ3) is 4.32. The standard InChI is InChI=1S/C25H28N2O2/c1-5-6-15-27-18(3)16-22(28)23(24(27)20-12-8-7-9-13-20)25(29)26-21-14-10-11-17(2)19(21)4/h7-14,16H,5-6,15H2,1-4H3,(H,26,29). The third-order valence-electron chi connectivity index (χ3n) is 5.38. The predicted molar refractivity (Wildman–Crippen MR) is 120 cm³/mol. The molecule has 1 amide bonds. The molecule has 0 atom stereocenters. The number of hydrogen-bond donors (Lipinski definition) is 1. The van der Waals surface area contributed by atoms with Crippen molar-refractivity contribution in [3.05, 3.63) is 87.2 Å². The molecule has 0 bridgehead atoms. The van der Waals surface area contributed by atoms with Crippen molar-refractivity contribution in [1.29, 1.82) is 0 Å². The second-order valence-electron chi connectivity index (χ2n) is 7.45.